The van der Waals surface area contributed by atoms with Gasteiger partial charge in [-0.25, -0.2) is 0 Å². The summed E-state index contributed by atoms with van der Waals surface area (Å²) in [7, 11) is 0. The minimum absolute atomic E-state index is 0.0424. The molecule has 0 radical (unpaired) electrons. The van der Waals surface area contributed by atoms with Crippen molar-refractivity contribution in [3.63, 3.8) is 0 Å². The largest absolute Gasteiger partial charge is 0.508 e. The second kappa shape index (κ2) is 5.44. The van der Waals surface area contributed by atoms with E-state index in [1.807, 2.05) is 25.1 Å². The first kappa shape index (κ1) is 13.4. The monoisotopic (exact) mass is 287 g/mol. The van der Waals surface area contributed by atoms with Crippen LogP contribution in [0.2, 0.25) is 0 Å². The van der Waals surface area contributed by atoms with E-state index in [0.29, 0.717) is 13.2 Å². The van der Waals surface area contributed by atoms with Gasteiger partial charge in [0, 0.05) is 23.9 Å². The molecule has 3 N–H and O–H groups in total. The van der Waals surface area contributed by atoms with Crippen molar-refractivity contribution >= 4 is 5.69 Å². The van der Waals surface area contributed by atoms with Crippen LogP contribution >= 0.6 is 0 Å². The van der Waals surface area contributed by atoms with Gasteiger partial charge in [0.05, 0.1) is 0 Å². The standard InChI is InChI=1S/C16H17NO4/c1-10(11-6-13(18)9-14(19)7-11)17-12-2-3-15-16(8-12)21-5-4-20-15/h2-3,6-10,17-19H,4-5H2,1H3. The Balaban J connectivity index is 1.79. The molecule has 5 heteroatoms. The molecule has 2 aromatic carbocycles. The molecule has 110 valence electrons. The zero-order chi connectivity index (χ0) is 14.8. The maximum Gasteiger partial charge on any atom is 0.163 e. The smallest absolute Gasteiger partial charge is 0.163 e. The van der Waals surface area contributed by atoms with E-state index in [1.165, 1.54) is 6.07 Å². The molecular formula is C16H17NO4. The second-order valence-corrected chi connectivity index (χ2v) is 5.01. The number of benzene rings is 2. The van der Waals surface area contributed by atoms with Gasteiger partial charge < -0.3 is 25.0 Å². The van der Waals surface area contributed by atoms with E-state index in [0.717, 1.165) is 22.7 Å². The van der Waals surface area contributed by atoms with Crippen molar-refractivity contribution in [1.82, 2.24) is 0 Å². The Morgan fingerprint density at radius 1 is 0.952 bits per heavy atom. The van der Waals surface area contributed by atoms with E-state index < -0.39 is 0 Å². The van der Waals surface area contributed by atoms with Crippen molar-refractivity contribution in [2.24, 2.45) is 0 Å². The van der Waals surface area contributed by atoms with Crippen LogP contribution < -0.4 is 14.8 Å². The van der Waals surface area contributed by atoms with Gasteiger partial charge in [0.15, 0.2) is 11.5 Å². The quantitative estimate of drug-likeness (QED) is 0.809. The SMILES string of the molecule is CC(Nc1ccc2c(c1)OCCO2)c1cc(O)cc(O)c1. The van der Waals surface area contributed by atoms with Crippen molar-refractivity contribution in [3.8, 4) is 23.0 Å². The number of phenolic OH excluding ortho intramolecular Hbond substituents is 2. The van der Waals surface area contributed by atoms with Crippen molar-refractivity contribution in [3.05, 3.63) is 42.0 Å². The average Bonchev–Trinajstić information content (AvgIpc) is 2.46. The van der Waals surface area contributed by atoms with Gasteiger partial charge in [0.25, 0.3) is 0 Å². The Bertz CT molecular complexity index is 636. The van der Waals surface area contributed by atoms with E-state index in [-0.39, 0.29) is 17.5 Å². The summed E-state index contributed by atoms with van der Waals surface area (Å²) in [5.41, 5.74) is 1.68. The molecular weight excluding hydrogens is 270 g/mol. The van der Waals surface area contributed by atoms with Gasteiger partial charge >= 0.3 is 0 Å². The molecule has 1 atom stereocenters. The summed E-state index contributed by atoms with van der Waals surface area (Å²) in [6.07, 6.45) is 0. The number of anilines is 1. The van der Waals surface area contributed by atoms with E-state index in [4.69, 9.17) is 9.47 Å². The summed E-state index contributed by atoms with van der Waals surface area (Å²) in [6.45, 7) is 3.07. The molecule has 0 fully saturated rings. The molecule has 1 heterocycles. The summed E-state index contributed by atoms with van der Waals surface area (Å²) in [5.74, 6) is 1.55. The normalized spacial score (nSPS) is 14.5. The van der Waals surface area contributed by atoms with Gasteiger partial charge in [-0.2, -0.15) is 0 Å². The van der Waals surface area contributed by atoms with Crippen LogP contribution in [0.1, 0.15) is 18.5 Å². The van der Waals surface area contributed by atoms with Crippen LogP contribution in [0, 0.1) is 0 Å². The molecule has 0 spiro atoms. The highest BCUT2D eigenvalue weighted by Gasteiger charge is 2.13. The van der Waals surface area contributed by atoms with Crippen LogP contribution in [0.4, 0.5) is 5.69 Å². The molecule has 21 heavy (non-hydrogen) atoms. The summed E-state index contributed by atoms with van der Waals surface area (Å²) >= 11 is 0. The second-order valence-electron chi connectivity index (χ2n) is 5.01. The predicted octanol–water partition coefficient (Wildman–Crippen LogP) is 3.04. The van der Waals surface area contributed by atoms with Crippen LogP contribution in [0.5, 0.6) is 23.0 Å². The number of hydrogen-bond donors (Lipinski definition) is 3. The van der Waals surface area contributed by atoms with Crippen LogP contribution in [0.15, 0.2) is 36.4 Å². The molecule has 0 bridgehead atoms. The van der Waals surface area contributed by atoms with E-state index >= 15 is 0 Å². The highest BCUT2D eigenvalue weighted by Crippen LogP contribution is 2.34. The molecule has 1 unspecified atom stereocenters. The molecule has 1 aliphatic heterocycles. The number of nitrogens with one attached hydrogen (secondary N) is 1. The molecule has 3 rings (SSSR count). The Labute approximate surface area is 122 Å². The lowest BCUT2D eigenvalue weighted by Gasteiger charge is -2.21. The van der Waals surface area contributed by atoms with E-state index in [2.05, 4.69) is 5.32 Å². The van der Waals surface area contributed by atoms with E-state index in [9.17, 15) is 10.2 Å². The summed E-state index contributed by atoms with van der Waals surface area (Å²) in [5, 5.41) is 22.4. The first-order chi connectivity index (χ1) is 10.1. The third kappa shape index (κ3) is 2.97. The fourth-order valence-corrected chi connectivity index (χ4v) is 2.33. The lowest BCUT2D eigenvalue weighted by atomic mass is 10.1. The third-order valence-corrected chi connectivity index (χ3v) is 3.35. The van der Waals surface area contributed by atoms with Gasteiger partial charge in [-0.1, -0.05) is 0 Å². The average molecular weight is 287 g/mol. The van der Waals surface area contributed by atoms with Crippen molar-refractivity contribution in [2.75, 3.05) is 18.5 Å². The molecule has 0 saturated carbocycles. The highest BCUT2D eigenvalue weighted by molar-refractivity contribution is 5.56. The lowest BCUT2D eigenvalue weighted by Crippen LogP contribution is -2.15. The fourth-order valence-electron chi connectivity index (χ4n) is 2.33. The van der Waals surface area contributed by atoms with Gasteiger partial charge in [-0.3, -0.25) is 0 Å². The molecule has 0 amide bonds. The minimum atomic E-state index is -0.0782. The maximum absolute atomic E-state index is 9.54. The van der Waals surface area contributed by atoms with Crippen molar-refractivity contribution in [2.45, 2.75) is 13.0 Å². The van der Waals surface area contributed by atoms with Crippen LogP contribution in [-0.4, -0.2) is 23.4 Å². The fraction of sp³-hybridized carbons (Fsp3) is 0.250. The van der Waals surface area contributed by atoms with Crippen LogP contribution in [0.25, 0.3) is 0 Å². The van der Waals surface area contributed by atoms with Gasteiger partial charge in [0.1, 0.15) is 24.7 Å². The summed E-state index contributed by atoms with van der Waals surface area (Å²) < 4.78 is 11.0. The molecule has 0 aromatic heterocycles. The lowest BCUT2D eigenvalue weighted by molar-refractivity contribution is 0.171. The molecule has 5 nitrogen and oxygen atoms in total. The molecule has 0 saturated heterocycles. The molecule has 2 aromatic rings. The predicted molar refractivity (Wildman–Crippen MR) is 79.2 cm³/mol. The Kier molecular flexibility index (Phi) is 3.48. The van der Waals surface area contributed by atoms with Gasteiger partial charge in [-0.15, -0.1) is 0 Å². The Hall–Kier alpha value is -2.56. The maximum atomic E-state index is 9.54. The van der Waals surface area contributed by atoms with Crippen molar-refractivity contribution in [1.29, 1.82) is 0 Å². The number of aromatic hydroxyl groups is 2. The zero-order valence-electron chi connectivity index (χ0n) is 11.7. The van der Waals surface area contributed by atoms with Crippen molar-refractivity contribution < 1.29 is 19.7 Å². The first-order valence-electron chi connectivity index (χ1n) is 6.81. The summed E-state index contributed by atoms with van der Waals surface area (Å²) in [6, 6.07) is 10.1. The van der Waals surface area contributed by atoms with Crippen LogP contribution in [0.3, 0.4) is 0 Å². The minimum Gasteiger partial charge on any atom is -0.508 e. The zero-order valence-corrected chi connectivity index (χ0v) is 11.7. The number of fused-ring (bicyclic) bond motifs is 1. The van der Waals surface area contributed by atoms with Gasteiger partial charge in [-0.05, 0) is 36.8 Å². The number of hydrogen-bond acceptors (Lipinski definition) is 5. The number of rotatable bonds is 3. The number of ether oxygens (including phenoxy) is 2. The third-order valence-electron chi connectivity index (χ3n) is 3.35. The highest BCUT2D eigenvalue weighted by atomic mass is 16.6. The van der Waals surface area contributed by atoms with Gasteiger partial charge in [0.2, 0.25) is 0 Å². The Morgan fingerprint density at radius 3 is 2.33 bits per heavy atom. The van der Waals surface area contributed by atoms with Crippen LogP contribution in [-0.2, 0) is 0 Å². The van der Waals surface area contributed by atoms with E-state index in [1.54, 1.807) is 12.1 Å². The molecule has 0 aliphatic carbocycles. The summed E-state index contributed by atoms with van der Waals surface area (Å²) in [4.78, 5) is 0. The molecule has 1 aliphatic rings. The number of phenols is 2. The topological polar surface area (TPSA) is 71.0 Å². The first-order valence-corrected chi connectivity index (χ1v) is 6.81. The Morgan fingerprint density at radius 2 is 1.62 bits per heavy atom.